The SMILES string of the molecule is Cc1cc2cc(C)c1NC(=O)c1cc(cc(C(C)(C)C)c1)C(=O)Nc1c(C)cc(cc1C)C1(CCCCC1)c1cc(C)c(c(C)c1)NC(=O)c1cccc(n1)C(=O)Nc1c(C)cc(cc1C)C1(CCCCC1)c1cc(C)c(c(C)c1)NC(=O)c1cc(cc(C(C)(C)C)c1)C(=O)Nc1c(C)cc(cc1C)C1(CCCCC1)c1cc(C)c(c(C)c1)NC(=O)c1cccc(n1)C(=O)Nc1c(C)cc(cc1C)C21CCCCC1. The molecule has 744 valence electrons. The average Bonchev–Trinajstić information content (AvgIpc) is 0.757. The molecule has 0 radical (unpaired) electrons. The lowest BCUT2D eigenvalue weighted by atomic mass is 9.64. The number of aryl methyl sites for hydroxylation is 16. The van der Waals surface area contributed by atoms with Gasteiger partial charge in [0.15, 0.2) is 0 Å². The van der Waals surface area contributed by atoms with E-state index in [9.17, 15) is 19.2 Å². The number of pyridine rings is 2. The van der Waals surface area contributed by atoms with E-state index in [1.807, 2.05) is 135 Å². The van der Waals surface area contributed by atoms with Gasteiger partial charge in [-0.05, 0) is 378 Å². The highest BCUT2D eigenvalue weighted by atomic mass is 16.2. The molecule has 18 heteroatoms. The van der Waals surface area contributed by atoms with Crippen molar-refractivity contribution in [1.29, 1.82) is 0 Å². The van der Waals surface area contributed by atoms with Crippen molar-refractivity contribution in [2.75, 3.05) is 42.5 Å². The summed E-state index contributed by atoms with van der Waals surface area (Å²) in [5.41, 5.74) is 30.4. The van der Waals surface area contributed by atoms with E-state index >= 15 is 19.2 Å². The van der Waals surface area contributed by atoms with Crippen LogP contribution in [0.1, 0.15) is 398 Å². The second-order valence-electron chi connectivity index (χ2n) is 45.0. The van der Waals surface area contributed by atoms with Gasteiger partial charge in [0.25, 0.3) is 47.3 Å². The van der Waals surface area contributed by atoms with Gasteiger partial charge in [-0.3, -0.25) is 38.4 Å². The Morgan fingerprint density at radius 3 is 0.472 bits per heavy atom. The van der Waals surface area contributed by atoms with Crippen LogP contribution in [-0.4, -0.2) is 57.2 Å². The van der Waals surface area contributed by atoms with Gasteiger partial charge in [-0.1, -0.05) is 228 Å². The molecule has 12 aromatic rings. The zero-order valence-corrected chi connectivity index (χ0v) is 88.5. The summed E-state index contributed by atoms with van der Waals surface area (Å²) in [7, 11) is 0. The predicted molar refractivity (Wildman–Crippen MR) is 585 cm³/mol. The average molecular weight is 1920 g/mol. The van der Waals surface area contributed by atoms with E-state index in [1.165, 1.54) is 0 Å². The summed E-state index contributed by atoms with van der Waals surface area (Å²) < 4.78 is 0. The third-order valence-corrected chi connectivity index (χ3v) is 32.5. The number of hydrogen-bond donors (Lipinski definition) is 8. The van der Waals surface area contributed by atoms with E-state index in [0.717, 1.165) is 273 Å². The van der Waals surface area contributed by atoms with Crippen LogP contribution in [-0.2, 0) is 32.5 Å². The molecule has 0 atom stereocenters. The maximum Gasteiger partial charge on any atom is 0.274 e. The fourth-order valence-corrected chi connectivity index (χ4v) is 24.6. The normalized spacial score (nSPS) is 17.0. The second-order valence-corrected chi connectivity index (χ2v) is 45.0. The third kappa shape index (κ3) is 20.0. The van der Waals surface area contributed by atoms with E-state index in [0.29, 0.717) is 67.8 Å². The number of nitrogens with one attached hydrogen (secondary N) is 8. The zero-order valence-electron chi connectivity index (χ0n) is 88.5. The molecule has 24 heterocycles. The number of benzene rings is 10. The Kier molecular flexibility index (Phi) is 28.3. The Bertz CT molecular complexity index is 6240. The zero-order chi connectivity index (χ0) is 103. The summed E-state index contributed by atoms with van der Waals surface area (Å²) in [6.07, 6.45) is 19.9. The van der Waals surface area contributed by atoms with Crippen LogP contribution in [0.5, 0.6) is 0 Å². The van der Waals surface area contributed by atoms with Crippen LogP contribution in [0, 0.1) is 111 Å². The first-order valence-electron chi connectivity index (χ1n) is 52.0. The highest BCUT2D eigenvalue weighted by Gasteiger charge is 2.44. The van der Waals surface area contributed by atoms with Crippen molar-refractivity contribution in [3.8, 4) is 0 Å². The summed E-state index contributed by atoms with van der Waals surface area (Å²) in [5, 5.41) is 26.1. The van der Waals surface area contributed by atoms with Crippen LogP contribution < -0.4 is 42.5 Å². The van der Waals surface area contributed by atoms with Crippen LogP contribution in [0.15, 0.2) is 170 Å². The van der Waals surface area contributed by atoms with Crippen LogP contribution >= 0.6 is 0 Å². The lowest BCUT2D eigenvalue weighted by molar-refractivity contribution is 0.0998. The van der Waals surface area contributed by atoms with Crippen LogP contribution in [0.3, 0.4) is 0 Å². The molecule has 18 nitrogen and oxygen atoms in total. The highest BCUT2D eigenvalue weighted by Crippen LogP contribution is 2.54. The molecule has 0 saturated heterocycles. The van der Waals surface area contributed by atoms with Gasteiger partial charge in [0.2, 0.25) is 0 Å². The standard InChI is InChI=1S/C126H142N10O8/c1-71-49-93-50-72(2)105(71)129-113(137)87-65-88(68-91(67-87)121(17,18)19)114(138)130-106-73(3)51-94(52-74(106)4)124(43-29-24-30-44-124)98-59-81(11)111(82(12)60-98)135-119(143)103-39-36-40-104(128-103)120(144)136-112-85(15)63-100(64-86(112)16)126(47-33-26-34-48-126)96-55-77(7)108(78(8)56-96)132-116(140)90-66-89(69-92(70-90)122(20,21)22)115(139)131-107-75(5)53-95(54-76(107)6)125(45-31-25-32-46-125)99-61-83(13)110(84(14)62-99)134-118(142)102-38-35-37-101(127-102)117(141)133-109-79(9)57-97(58-80(109)10)123(93)41-27-23-28-42-123/h35-40,49-70H,23-34,41-48H2,1-22H3,(H,129,137)(H,130,138)(H,131,139)(H,132,140)(H,133,141)(H,134,142)(H,135,143)(H,136,144). The maximum absolute atomic E-state index is 15.0. The number of carbonyl (C=O) groups excluding carboxylic acids is 8. The highest BCUT2D eigenvalue weighted by molar-refractivity contribution is 6.13. The van der Waals surface area contributed by atoms with Gasteiger partial charge in [0.1, 0.15) is 22.8 Å². The molecular formula is C126H142N10O8. The Hall–Kier alpha value is -13.7. The predicted octanol–water partition coefficient (Wildman–Crippen LogP) is 29.3. The Morgan fingerprint density at radius 1 is 0.194 bits per heavy atom. The van der Waals surface area contributed by atoms with Crippen molar-refractivity contribution in [2.24, 2.45) is 0 Å². The molecule has 8 amide bonds. The summed E-state index contributed by atoms with van der Waals surface area (Å²) in [4.78, 5) is 128. The first kappa shape index (κ1) is 102. The van der Waals surface area contributed by atoms with Gasteiger partial charge in [-0.25, -0.2) is 9.97 Å². The fourth-order valence-electron chi connectivity index (χ4n) is 24.6. The quantitative estimate of drug-likeness (QED) is 0.0712. The van der Waals surface area contributed by atoms with Crippen LogP contribution in [0.2, 0.25) is 0 Å². The number of rotatable bonds is 0. The molecule has 2 aromatic heterocycles. The van der Waals surface area contributed by atoms with E-state index in [4.69, 9.17) is 9.97 Å². The van der Waals surface area contributed by atoms with Gasteiger partial charge < -0.3 is 42.5 Å². The molecular weight excluding hydrogens is 1780 g/mol. The maximum atomic E-state index is 15.0. The molecule has 144 heavy (non-hydrogen) atoms. The first-order chi connectivity index (χ1) is 68.3. The molecule has 8 N–H and O–H groups in total. The van der Waals surface area contributed by atoms with Crippen molar-refractivity contribution in [2.45, 2.75) is 313 Å². The Balaban J connectivity index is 0.690. The number of hydrogen-bond acceptors (Lipinski definition) is 10. The number of amides is 8. The molecule has 4 aliphatic carbocycles. The minimum absolute atomic E-state index is 0.0982. The van der Waals surface area contributed by atoms with Crippen molar-refractivity contribution in [3.05, 3.63) is 360 Å². The van der Waals surface area contributed by atoms with E-state index in [-0.39, 0.29) is 68.1 Å². The smallest absolute Gasteiger partial charge is 0.274 e. The summed E-state index contributed by atoms with van der Waals surface area (Å²) in [5.74, 6) is -3.07. The van der Waals surface area contributed by atoms with Crippen LogP contribution in [0.25, 0.3) is 0 Å². The van der Waals surface area contributed by atoms with Gasteiger partial charge >= 0.3 is 0 Å². The second kappa shape index (κ2) is 40.1. The lowest BCUT2D eigenvalue weighted by Crippen LogP contribution is -2.31. The molecule has 4 spiro atoms. The number of aromatic nitrogens is 2. The molecule has 38 rings (SSSR count). The van der Waals surface area contributed by atoms with Crippen molar-refractivity contribution >= 4 is 92.8 Å². The molecule has 10 aromatic carbocycles. The minimum Gasteiger partial charge on any atom is -0.322 e. The monoisotopic (exact) mass is 1920 g/mol. The summed E-state index contributed by atoms with van der Waals surface area (Å²) in [6, 6.07) is 56.4. The molecule has 22 aliphatic heterocycles. The minimum atomic E-state index is -0.442. The largest absolute Gasteiger partial charge is 0.322 e. The van der Waals surface area contributed by atoms with Gasteiger partial charge in [-0.15, -0.1) is 0 Å². The van der Waals surface area contributed by atoms with Crippen molar-refractivity contribution in [1.82, 2.24) is 9.97 Å². The van der Waals surface area contributed by atoms with E-state index in [1.54, 1.807) is 48.5 Å². The molecule has 24 bridgehead atoms. The van der Waals surface area contributed by atoms with Gasteiger partial charge in [0.05, 0.1) is 0 Å². The number of anilines is 8. The topological polar surface area (TPSA) is 259 Å². The van der Waals surface area contributed by atoms with Crippen LogP contribution in [0.4, 0.5) is 45.5 Å². The third-order valence-electron chi connectivity index (χ3n) is 32.5. The Morgan fingerprint density at radius 2 is 0.333 bits per heavy atom. The van der Waals surface area contributed by atoms with E-state index in [2.05, 4.69) is 181 Å². The Labute approximate surface area is 851 Å². The lowest BCUT2D eigenvalue weighted by Gasteiger charge is -2.40. The first-order valence-corrected chi connectivity index (χ1v) is 52.0. The summed E-state index contributed by atoms with van der Waals surface area (Å²) in [6.45, 7) is 45.1. The summed E-state index contributed by atoms with van der Waals surface area (Å²) >= 11 is 0. The van der Waals surface area contributed by atoms with Crippen molar-refractivity contribution in [3.63, 3.8) is 0 Å². The van der Waals surface area contributed by atoms with Gasteiger partial charge in [-0.2, -0.15) is 0 Å². The molecule has 26 aliphatic rings. The van der Waals surface area contributed by atoms with Crippen molar-refractivity contribution < 1.29 is 38.4 Å². The molecule has 4 fully saturated rings. The van der Waals surface area contributed by atoms with E-state index < -0.39 is 34.5 Å². The van der Waals surface area contributed by atoms with Gasteiger partial charge in [0, 0.05) is 89.4 Å². The number of nitrogens with zero attached hydrogens (tertiary/aromatic N) is 2. The molecule has 4 saturated carbocycles. The molecule has 0 unspecified atom stereocenters. The number of carbonyl (C=O) groups is 8. The fraction of sp³-hybridized carbons (Fsp3) is 0.381.